The Labute approximate surface area is 77.6 Å². The predicted molar refractivity (Wildman–Crippen MR) is 50.0 cm³/mol. The van der Waals surface area contributed by atoms with Gasteiger partial charge in [-0.05, 0) is 18.9 Å². The minimum Gasteiger partial charge on any atom is -0.454 e. The third-order valence-electron chi connectivity index (χ3n) is 2.68. The van der Waals surface area contributed by atoms with Crippen LogP contribution in [0.5, 0.6) is 0 Å². The van der Waals surface area contributed by atoms with Crippen molar-refractivity contribution in [2.24, 2.45) is 5.92 Å². The molecular formula is C11H12O2. The highest BCUT2D eigenvalue weighted by atomic mass is 16.5. The third-order valence-corrected chi connectivity index (χ3v) is 2.68. The van der Waals surface area contributed by atoms with Gasteiger partial charge in [-0.15, -0.1) is 0 Å². The van der Waals surface area contributed by atoms with E-state index in [1.807, 2.05) is 6.92 Å². The Morgan fingerprint density at radius 2 is 2.15 bits per heavy atom. The molecule has 0 aromatic carbocycles. The van der Waals surface area contributed by atoms with Gasteiger partial charge in [0.1, 0.15) is 6.10 Å². The molecule has 2 atom stereocenters. The van der Waals surface area contributed by atoms with E-state index in [4.69, 9.17) is 4.74 Å². The SMILES string of the molecule is C=C1CC(=C)C2C(C)=CC(=O)OC12. The van der Waals surface area contributed by atoms with Crippen molar-refractivity contribution in [3.63, 3.8) is 0 Å². The molecule has 0 spiro atoms. The van der Waals surface area contributed by atoms with Crippen molar-refractivity contribution in [3.05, 3.63) is 36.0 Å². The van der Waals surface area contributed by atoms with Crippen LogP contribution < -0.4 is 0 Å². The summed E-state index contributed by atoms with van der Waals surface area (Å²) < 4.78 is 5.19. The van der Waals surface area contributed by atoms with E-state index < -0.39 is 0 Å². The van der Waals surface area contributed by atoms with Gasteiger partial charge < -0.3 is 4.74 Å². The van der Waals surface area contributed by atoms with Crippen LogP contribution in [0.2, 0.25) is 0 Å². The summed E-state index contributed by atoms with van der Waals surface area (Å²) in [4.78, 5) is 11.1. The summed E-state index contributed by atoms with van der Waals surface area (Å²) >= 11 is 0. The fraction of sp³-hybridized carbons (Fsp3) is 0.364. The maximum absolute atomic E-state index is 11.1. The van der Waals surface area contributed by atoms with Crippen LogP contribution in [0.3, 0.4) is 0 Å². The van der Waals surface area contributed by atoms with E-state index in [-0.39, 0.29) is 18.0 Å². The highest BCUT2D eigenvalue weighted by Crippen LogP contribution is 2.42. The number of ether oxygens (including phenoxy) is 1. The average Bonchev–Trinajstić information content (AvgIpc) is 2.27. The van der Waals surface area contributed by atoms with Crippen LogP contribution in [-0.4, -0.2) is 12.1 Å². The van der Waals surface area contributed by atoms with Crippen molar-refractivity contribution < 1.29 is 9.53 Å². The van der Waals surface area contributed by atoms with E-state index in [2.05, 4.69) is 13.2 Å². The normalized spacial score (nSPS) is 32.7. The first-order valence-corrected chi connectivity index (χ1v) is 4.33. The maximum atomic E-state index is 11.1. The van der Waals surface area contributed by atoms with Crippen LogP contribution in [0.1, 0.15) is 13.3 Å². The molecule has 1 heterocycles. The fourth-order valence-corrected chi connectivity index (χ4v) is 2.10. The smallest absolute Gasteiger partial charge is 0.331 e. The van der Waals surface area contributed by atoms with Crippen LogP contribution in [0.15, 0.2) is 36.0 Å². The van der Waals surface area contributed by atoms with Crippen molar-refractivity contribution in [2.45, 2.75) is 19.4 Å². The van der Waals surface area contributed by atoms with Gasteiger partial charge in [0.25, 0.3) is 0 Å². The highest BCUT2D eigenvalue weighted by molar-refractivity contribution is 5.84. The fourth-order valence-electron chi connectivity index (χ4n) is 2.10. The monoisotopic (exact) mass is 176 g/mol. The van der Waals surface area contributed by atoms with Crippen LogP contribution in [0.25, 0.3) is 0 Å². The van der Waals surface area contributed by atoms with Crippen LogP contribution >= 0.6 is 0 Å². The third kappa shape index (κ3) is 1.13. The summed E-state index contributed by atoms with van der Waals surface area (Å²) in [7, 11) is 0. The van der Waals surface area contributed by atoms with Crippen molar-refractivity contribution >= 4 is 5.97 Å². The second kappa shape index (κ2) is 2.59. The summed E-state index contributed by atoms with van der Waals surface area (Å²) in [6.07, 6.45) is 2.18. The molecule has 2 nitrogen and oxygen atoms in total. The van der Waals surface area contributed by atoms with Crippen molar-refractivity contribution in [2.75, 3.05) is 0 Å². The topological polar surface area (TPSA) is 26.3 Å². The molecule has 68 valence electrons. The summed E-state index contributed by atoms with van der Waals surface area (Å²) in [6, 6.07) is 0. The average molecular weight is 176 g/mol. The quantitative estimate of drug-likeness (QED) is 0.417. The van der Waals surface area contributed by atoms with Crippen LogP contribution in [0, 0.1) is 5.92 Å². The van der Waals surface area contributed by atoms with Gasteiger partial charge in [0, 0.05) is 12.0 Å². The highest BCUT2D eigenvalue weighted by Gasteiger charge is 2.39. The van der Waals surface area contributed by atoms with E-state index in [0.29, 0.717) is 0 Å². The molecule has 0 saturated heterocycles. The Bertz CT molecular complexity index is 336. The number of hydrogen-bond acceptors (Lipinski definition) is 2. The Kier molecular flexibility index (Phi) is 1.65. The number of rotatable bonds is 0. The lowest BCUT2D eigenvalue weighted by molar-refractivity contribution is -0.143. The number of carbonyl (C=O) groups excluding carboxylic acids is 1. The van der Waals surface area contributed by atoms with E-state index in [9.17, 15) is 4.79 Å². The van der Waals surface area contributed by atoms with Gasteiger partial charge in [0.15, 0.2) is 0 Å². The molecule has 2 heteroatoms. The number of esters is 1. The van der Waals surface area contributed by atoms with Gasteiger partial charge >= 0.3 is 5.97 Å². The lowest BCUT2D eigenvalue weighted by Crippen LogP contribution is -2.28. The summed E-state index contributed by atoms with van der Waals surface area (Å²) in [6.45, 7) is 9.81. The molecule has 0 amide bonds. The van der Waals surface area contributed by atoms with Gasteiger partial charge in [-0.2, -0.15) is 0 Å². The molecule has 0 bridgehead atoms. The summed E-state index contributed by atoms with van der Waals surface area (Å²) in [5.41, 5.74) is 3.12. The largest absolute Gasteiger partial charge is 0.454 e. The van der Waals surface area contributed by atoms with Crippen LogP contribution in [-0.2, 0) is 9.53 Å². The van der Waals surface area contributed by atoms with Crippen LogP contribution in [0.4, 0.5) is 0 Å². The predicted octanol–water partition coefficient (Wildman–Crippen LogP) is 1.99. The molecule has 2 unspecified atom stereocenters. The second-order valence-corrected chi connectivity index (χ2v) is 3.72. The first-order valence-electron chi connectivity index (χ1n) is 4.33. The molecule has 1 aliphatic carbocycles. The van der Waals surface area contributed by atoms with Crippen molar-refractivity contribution in [1.29, 1.82) is 0 Å². The number of hydrogen-bond donors (Lipinski definition) is 0. The Morgan fingerprint density at radius 1 is 1.46 bits per heavy atom. The second-order valence-electron chi connectivity index (χ2n) is 3.72. The lowest BCUT2D eigenvalue weighted by Gasteiger charge is -2.25. The van der Waals surface area contributed by atoms with Crippen molar-refractivity contribution in [3.8, 4) is 0 Å². The molecule has 2 aliphatic rings. The lowest BCUT2D eigenvalue weighted by atomic mass is 9.91. The standard InChI is InChI=1S/C11H12O2/c1-6-4-8(3)11-10(6)7(2)5-9(12)13-11/h5,10-11H,1,3-4H2,2H3. The maximum Gasteiger partial charge on any atom is 0.331 e. The first-order chi connectivity index (χ1) is 6.09. The minimum atomic E-state index is -0.255. The van der Waals surface area contributed by atoms with Gasteiger partial charge in [-0.1, -0.05) is 24.3 Å². The Morgan fingerprint density at radius 3 is 2.85 bits per heavy atom. The van der Waals surface area contributed by atoms with E-state index in [1.165, 1.54) is 0 Å². The number of fused-ring (bicyclic) bond motifs is 1. The van der Waals surface area contributed by atoms with E-state index in [0.717, 1.165) is 23.1 Å². The molecule has 0 aromatic rings. The van der Waals surface area contributed by atoms with Gasteiger partial charge in [0.2, 0.25) is 0 Å². The Hall–Kier alpha value is -1.31. The van der Waals surface area contributed by atoms with E-state index >= 15 is 0 Å². The summed E-state index contributed by atoms with van der Waals surface area (Å²) in [5, 5.41) is 0. The number of carbonyl (C=O) groups is 1. The van der Waals surface area contributed by atoms with Gasteiger partial charge in [0.05, 0.1) is 0 Å². The molecule has 1 fully saturated rings. The Balaban J connectivity index is 2.42. The zero-order valence-corrected chi connectivity index (χ0v) is 7.67. The molecule has 0 radical (unpaired) electrons. The molecule has 0 N–H and O–H groups in total. The van der Waals surface area contributed by atoms with Gasteiger partial charge in [-0.25, -0.2) is 4.79 Å². The van der Waals surface area contributed by atoms with E-state index in [1.54, 1.807) is 6.08 Å². The van der Waals surface area contributed by atoms with Crippen molar-refractivity contribution in [1.82, 2.24) is 0 Å². The summed E-state index contributed by atoms with van der Waals surface area (Å²) in [5.74, 6) is -0.0696. The zero-order chi connectivity index (χ0) is 9.59. The minimum absolute atomic E-state index is 0.148. The molecular weight excluding hydrogens is 164 g/mol. The first kappa shape index (κ1) is 8.30. The molecule has 0 aromatic heterocycles. The molecule has 1 saturated carbocycles. The molecule has 1 aliphatic heterocycles. The zero-order valence-electron chi connectivity index (χ0n) is 7.67. The molecule has 2 rings (SSSR count). The van der Waals surface area contributed by atoms with Gasteiger partial charge in [-0.3, -0.25) is 0 Å². The molecule has 13 heavy (non-hydrogen) atoms.